The van der Waals surface area contributed by atoms with Gasteiger partial charge in [0.15, 0.2) is 0 Å². The lowest BCUT2D eigenvalue weighted by molar-refractivity contribution is 0.179. The summed E-state index contributed by atoms with van der Waals surface area (Å²) in [5, 5.41) is 2.97. The Morgan fingerprint density at radius 3 is 2.61 bits per heavy atom. The highest BCUT2D eigenvalue weighted by molar-refractivity contribution is 5.90. The SMILES string of the molecule is COCc1ccccc1NC(=O)N1CCC(CCc2ccc(F)cc2F)CC1. The number of carbonyl (C=O) groups excluding carboxylic acids is 1. The van der Waals surface area contributed by atoms with Crippen LogP contribution in [0.5, 0.6) is 0 Å². The monoisotopic (exact) mass is 388 g/mol. The average Bonchev–Trinajstić information content (AvgIpc) is 2.69. The average molecular weight is 388 g/mol. The van der Waals surface area contributed by atoms with E-state index in [1.54, 1.807) is 7.11 Å². The number of halogens is 2. The molecule has 3 rings (SSSR count). The fraction of sp³-hybridized carbons (Fsp3) is 0.409. The van der Waals surface area contributed by atoms with Crippen molar-refractivity contribution in [3.8, 4) is 0 Å². The number of nitrogens with zero attached hydrogens (tertiary/aromatic N) is 1. The molecule has 0 spiro atoms. The Kier molecular flexibility index (Phi) is 6.98. The molecule has 28 heavy (non-hydrogen) atoms. The van der Waals surface area contributed by atoms with Crippen molar-refractivity contribution in [1.82, 2.24) is 4.90 Å². The number of aryl methyl sites for hydroxylation is 1. The Balaban J connectivity index is 1.47. The van der Waals surface area contributed by atoms with E-state index in [0.717, 1.165) is 36.6 Å². The van der Waals surface area contributed by atoms with Gasteiger partial charge in [0.05, 0.1) is 6.61 Å². The molecule has 6 heteroatoms. The van der Waals surface area contributed by atoms with Gasteiger partial charge in [-0.15, -0.1) is 0 Å². The van der Waals surface area contributed by atoms with E-state index in [1.165, 1.54) is 12.1 Å². The van der Waals surface area contributed by atoms with Crippen molar-refractivity contribution >= 4 is 11.7 Å². The zero-order valence-corrected chi connectivity index (χ0v) is 16.1. The number of rotatable bonds is 6. The summed E-state index contributed by atoms with van der Waals surface area (Å²) in [5.74, 6) is -0.589. The summed E-state index contributed by atoms with van der Waals surface area (Å²) in [7, 11) is 1.63. The number of likely N-dealkylation sites (tertiary alicyclic amines) is 1. The fourth-order valence-corrected chi connectivity index (χ4v) is 3.63. The van der Waals surface area contributed by atoms with Crippen LogP contribution in [0.25, 0.3) is 0 Å². The number of urea groups is 1. The van der Waals surface area contributed by atoms with E-state index in [9.17, 15) is 13.6 Å². The second kappa shape index (κ2) is 9.64. The maximum absolute atomic E-state index is 13.8. The van der Waals surface area contributed by atoms with Gasteiger partial charge in [-0.2, -0.15) is 0 Å². The maximum Gasteiger partial charge on any atom is 0.321 e. The number of anilines is 1. The Labute approximate surface area is 164 Å². The van der Waals surface area contributed by atoms with Gasteiger partial charge in [-0.1, -0.05) is 24.3 Å². The van der Waals surface area contributed by atoms with Crippen molar-refractivity contribution in [1.29, 1.82) is 0 Å². The van der Waals surface area contributed by atoms with E-state index in [0.29, 0.717) is 37.6 Å². The lowest BCUT2D eigenvalue weighted by Crippen LogP contribution is -2.41. The number of hydrogen-bond donors (Lipinski definition) is 1. The molecule has 1 aliphatic rings. The predicted molar refractivity (Wildman–Crippen MR) is 105 cm³/mol. The lowest BCUT2D eigenvalue weighted by Gasteiger charge is -2.32. The van der Waals surface area contributed by atoms with Crippen molar-refractivity contribution in [3.63, 3.8) is 0 Å². The molecule has 1 N–H and O–H groups in total. The molecule has 2 aromatic rings. The molecule has 2 aromatic carbocycles. The minimum absolute atomic E-state index is 0.105. The van der Waals surface area contributed by atoms with Crippen molar-refractivity contribution in [2.45, 2.75) is 32.3 Å². The van der Waals surface area contributed by atoms with Gasteiger partial charge in [-0.05, 0) is 49.3 Å². The summed E-state index contributed by atoms with van der Waals surface area (Å²) in [6.07, 6.45) is 3.20. The molecule has 1 heterocycles. The molecule has 0 unspecified atom stereocenters. The summed E-state index contributed by atoms with van der Waals surface area (Å²) in [6, 6.07) is 11.2. The molecule has 0 radical (unpaired) electrons. The largest absolute Gasteiger partial charge is 0.380 e. The predicted octanol–water partition coefficient (Wildman–Crippen LogP) is 4.99. The molecule has 0 saturated carbocycles. The number of ether oxygens (including phenoxy) is 1. The number of piperidine rings is 1. The Morgan fingerprint density at radius 1 is 1.14 bits per heavy atom. The van der Waals surface area contributed by atoms with E-state index >= 15 is 0 Å². The van der Waals surface area contributed by atoms with Gasteiger partial charge < -0.3 is 15.0 Å². The van der Waals surface area contributed by atoms with E-state index in [-0.39, 0.29) is 6.03 Å². The van der Waals surface area contributed by atoms with Gasteiger partial charge in [0, 0.05) is 37.5 Å². The fourth-order valence-electron chi connectivity index (χ4n) is 3.63. The summed E-state index contributed by atoms with van der Waals surface area (Å²) < 4.78 is 31.9. The zero-order valence-electron chi connectivity index (χ0n) is 16.1. The van der Waals surface area contributed by atoms with Gasteiger partial charge in [0.25, 0.3) is 0 Å². The highest BCUT2D eigenvalue weighted by Crippen LogP contribution is 2.24. The number of amides is 2. The first kappa shape index (κ1) is 20.3. The standard InChI is InChI=1S/C22H26F2N2O2/c1-28-15-18-4-2-3-5-21(18)25-22(27)26-12-10-16(11-13-26)6-7-17-8-9-19(23)14-20(17)24/h2-5,8-9,14,16H,6-7,10-13,15H2,1H3,(H,25,27). The molecule has 150 valence electrons. The first-order chi connectivity index (χ1) is 13.6. The van der Waals surface area contributed by atoms with Crippen LogP contribution in [0.2, 0.25) is 0 Å². The minimum atomic E-state index is -0.548. The third kappa shape index (κ3) is 5.29. The minimum Gasteiger partial charge on any atom is -0.380 e. The van der Waals surface area contributed by atoms with Crippen molar-refractivity contribution < 1.29 is 18.3 Å². The molecule has 4 nitrogen and oxygen atoms in total. The van der Waals surface area contributed by atoms with Crippen LogP contribution in [0.15, 0.2) is 42.5 Å². The number of methoxy groups -OCH3 is 1. The topological polar surface area (TPSA) is 41.6 Å². The number of carbonyl (C=O) groups is 1. The van der Waals surface area contributed by atoms with Crippen LogP contribution in [0.3, 0.4) is 0 Å². The number of benzene rings is 2. The molecular weight excluding hydrogens is 362 g/mol. The van der Waals surface area contributed by atoms with Crippen LogP contribution < -0.4 is 5.32 Å². The quantitative estimate of drug-likeness (QED) is 0.758. The molecule has 0 aliphatic carbocycles. The second-order valence-electron chi connectivity index (χ2n) is 7.23. The van der Waals surface area contributed by atoms with Crippen LogP contribution in [0.4, 0.5) is 19.3 Å². The zero-order chi connectivity index (χ0) is 19.9. The summed E-state index contributed by atoms with van der Waals surface area (Å²) in [5.41, 5.74) is 2.26. The van der Waals surface area contributed by atoms with Gasteiger partial charge >= 0.3 is 6.03 Å². The Morgan fingerprint density at radius 2 is 1.89 bits per heavy atom. The molecule has 1 aliphatic heterocycles. The lowest BCUT2D eigenvalue weighted by atomic mass is 9.90. The third-order valence-electron chi connectivity index (χ3n) is 5.30. The molecule has 1 saturated heterocycles. The summed E-state index contributed by atoms with van der Waals surface area (Å²) in [4.78, 5) is 14.4. The number of para-hydroxylation sites is 1. The molecule has 0 bridgehead atoms. The first-order valence-electron chi connectivity index (χ1n) is 9.63. The molecular formula is C22H26F2N2O2. The van der Waals surface area contributed by atoms with E-state index < -0.39 is 11.6 Å². The summed E-state index contributed by atoms with van der Waals surface area (Å²) in [6.45, 7) is 1.79. The van der Waals surface area contributed by atoms with Crippen LogP contribution in [0.1, 0.15) is 30.4 Å². The molecule has 0 atom stereocenters. The van der Waals surface area contributed by atoms with Crippen LogP contribution >= 0.6 is 0 Å². The van der Waals surface area contributed by atoms with Gasteiger partial charge in [0.2, 0.25) is 0 Å². The smallest absolute Gasteiger partial charge is 0.321 e. The highest BCUT2D eigenvalue weighted by Gasteiger charge is 2.23. The third-order valence-corrected chi connectivity index (χ3v) is 5.30. The van der Waals surface area contributed by atoms with Gasteiger partial charge in [-0.3, -0.25) is 0 Å². The first-order valence-corrected chi connectivity index (χ1v) is 9.63. The molecule has 1 fully saturated rings. The normalized spacial score (nSPS) is 14.9. The Hall–Kier alpha value is -2.47. The van der Waals surface area contributed by atoms with Gasteiger partial charge in [0.1, 0.15) is 11.6 Å². The molecule has 0 aromatic heterocycles. The van der Waals surface area contributed by atoms with E-state index in [4.69, 9.17) is 4.74 Å². The van der Waals surface area contributed by atoms with Crippen molar-refractivity contribution in [3.05, 3.63) is 65.2 Å². The second-order valence-corrected chi connectivity index (χ2v) is 7.23. The maximum atomic E-state index is 13.8. The van der Waals surface area contributed by atoms with Crippen molar-refractivity contribution in [2.75, 3.05) is 25.5 Å². The van der Waals surface area contributed by atoms with Crippen molar-refractivity contribution in [2.24, 2.45) is 5.92 Å². The van der Waals surface area contributed by atoms with Crippen LogP contribution in [-0.4, -0.2) is 31.1 Å². The highest BCUT2D eigenvalue weighted by atomic mass is 19.1. The number of nitrogens with one attached hydrogen (secondary N) is 1. The summed E-state index contributed by atoms with van der Waals surface area (Å²) >= 11 is 0. The Bertz CT molecular complexity index is 805. The van der Waals surface area contributed by atoms with Gasteiger partial charge in [-0.25, -0.2) is 13.6 Å². The number of hydrogen-bond acceptors (Lipinski definition) is 2. The van der Waals surface area contributed by atoms with E-state index in [1.807, 2.05) is 29.2 Å². The van der Waals surface area contributed by atoms with E-state index in [2.05, 4.69) is 5.32 Å². The van der Waals surface area contributed by atoms with Crippen LogP contribution in [-0.2, 0) is 17.8 Å². The molecule has 2 amide bonds. The van der Waals surface area contributed by atoms with Crippen LogP contribution in [0, 0.1) is 17.6 Å².